The molecule has 2 unspecified atom stereocenters. The molecule has 1 N–H and O–H groups in total. The minimum absolute atomic E-state index is 0.669. The Morgan fingerprint density at radius 1 is 1.38 bits per heavy atom. The van der Waals surface area contributed by atoms with Crippen LogP contribution >= 0.6 is 0 Å². The van der Waals surface area contributed by atoms with E-state index in [0.29, 0.717) is 11.8 Å². The second-order valence-corrected chi connectivity index (χ2v) is 4.05. The first-order valence-corrected chi connectivity index (χ1v) is 4.73. The van der Waals surface area contributed by atoms with Crippen LogP contribution in [-0.4, -0.2) is 29.1 Å². The predicted molar refractivity (Wildman–Crippen MR) is 51.3 cm³/mol. The number of carboxylic acids is 1. The van der Waals surface area contributed by atoms with Gasteiger partial charge < -0.3 is 10.0 Å². The third kappa shape index (κ3) is 3.49. The molecular weight excluding hydrogens is 166 g/mol. The van der Waals surface area contributed by atoms with Crippen molar-refractivity contribution in [3.8, 4) is 0 Å². The van der Waals surface area contributed by atoms with Gasteiger partial charge in [-0.05, 0) is 18.3 Å². The Kier molecular flexibility index (Phi) is 3.34. The molecule has 74 valence electrons. The van der Waals surface area contributed by atoms with Gasteiger partial charge in [0, 0.05) is 25.4 Å². The Hall–Kier alpha value is -0.990. The lowest BCUT2D eigenvalue weighted by atomic mass is 9.92. The first-order valence-electron chi connectivity index (χ1n) is 4.73. The lowest BCUT2D eigenvalue weighted by Gasteiger charge is -2.34. The zero-order valence-corrected chi connectivity index (χ0v) is 8.23. The van der Waals surface area contributed by atoms with E-state index in [1.165, 1.54) is 12.5 Å². The van der Waals surface area contributed by atoms with Gasteiger partial charge in [0.2, 0.25) is 0 Å². The van der Waals surface area contributed by atoms with E-state index in [0.717, 1.165) is 13.1 Å². The van der Waals surface area contributed by atoms with Crippen LogP contribution in [0.3, 0.4) is 0 Å². The second-order valence-electron chi connectivity index (χ2n) is 4.05. The van der Waals surface area contributed by atoms with Crippen LogP contribution in [-0.2, 0) is 4.79 Å². The van der Waals surface area contributed by atoms with Crippen molar-refractivity contribution in [3.63, 3.8) is 0 Å². The number of hydrogen-bond donors (Lipinski definition) is 1. The molecule has 1 aliphatic heterocycles. The van der Waals surface area contributed by atoms with Crippen LogP contribution < -0.4 is 0 Å². The van der Waals surface area contributed by atoms with E-state index in [1.807, 2.05) is 0 Å². The van der Waals surface area contributed by atoms with E-state index < -0.39 is 5.97 Å². The van der Waals surface area contributed by atoms with Crippen LogP contribution in [0.4, 0.5) is 0 Å². The maximum absolute atomic E-state index is 10.3. The number of likely N-dealkylation sites (tertiary alicyclic amines) is 1. The van der Waals surface area contributed by atoms with Gasteiger partial charge in [-0.25, -0.2) is 4.79 Å². The van der Waals surface area contributed by atoms with Crippen LogP contribution in [0.1, 0.15) is 20.3 Å². The molecule has 0 amide bonds. The van der Waals surface area contributed by atoms with Crippen LogP contribution in [0.25, 0.3) is 0 Å². The Morgan fingerprint density at radius 2 is 1.92 bits per heavy atom. The average Bonchev–Trinajstić information content (AvgIpc) is 1.99. The summed E-state index contributed by atoms with van der Waals surface area (Å²) in [4.78, 5) is 12.4. The Morgan fingerprint density at radius 3 is 2.38 bits per heavy atom. The zero-order valence-electron chi connectivity index (χ0n) is 8.23. The predicted octanol–water partition coefficient (Wildman–Crippen LogP) is 1.56. The van der Waals surface area contributed by atoms with Gasteiger partial charge in [0.15, 0.2) is 0 Å². The van der Waals surface area contributed by atoms with Crippen molar-refractivity contribution in [3.05, 3.63) is 12.3 Å². The molecule has 0 aromatic carbocycles. The van der Waals surface area contributed by atoms with E-state index in [1.54, 1.807) is 6.20 Å². The molecule has 0 radical (unpaired) electrons. The fourth-order valence-corrected chi connectivity index (χ4v) is 2.00. The number of aliphatic carboxylic acids is 1. The largest absolute Gasteiger partial charge is 0.478 e. The highest BCUT2D eigenvalue weighted by molar-refractivity contribution is 5.79. The van der Waals surface area contributed by atoms with Crippen LogP contribution in [0, 0.1) is 11.8 Å². The average molecular weight is 183 g/mol. The molecule has 3 nitrogen and oxygen atoms in total. The minimum atomic E-state index is -0.870. The summed E-state index contributed by atoms with van der Waals surface area (Å²) in [5.41, 5.74) is 0. The summed E-state index contributed by atoms with van der Waals surface area (Å²) in [6.07, 6.45) is 4.15. The second kappa shape index (κ2) is 4.30. The van der Waals surface area contributed by atoms with Crippen molar-refractivity contribution >= 4 is 5.97 Å². The third-order valence-corrected chi connectivity index (χ3v) is 2.33. The zero-order chi connectivity index (χ0) is 9.84. The van der Waals surface area contributed by atoms with Crippen molar-refractivity contribution in [1.29, 1.82) is 0 Å². The van der Waals surface area contributed by atoms with Crippen molar-refractivity contribution in [2.24, 2.45) is 11.8 Å². The fourth-order valence-electron chi connectivity index (χ4n) is 2.00. The summed E-state index contributed by atoms with van der Waals surface area (Å²) in [5.74, 6) is 0.468. The van der Waals surface area contributed by atoms with E-state index in [9.17, 15) is 4.79 Å². The normalized spacial score (nSPS) is 29.5. The highest BCUT2D eigenvalue weighted by Gasteiger charge is 2.19. The molecular formula is C10H17NO2. The first-order chi connectivity index (χ1) is 6.08. The standard InChI is InChI=1S/C10H17NO2/c1-8-5-9(2)7-11(6-8)4-3-10(12)13/h3-4,8-9H,5-7H2,1-2H3,(H,12,13). The van der Waals surface area contributed by atoms with Crippen molar-refractivity contribution in [2.75, 3.05) is 13.1 Å². The summed E-state index contributed by atoms with van der Waals surface area (Å²) in [5, 5.41) is 8.46. The molecule has 1 aliphatic rings. The molecule has 1 heterocycles. The SMILES string of the molecule is CC1CC(C)CN(C=CC(=O)O)C1. The van der Waals surface area contributed by atoms with Gasteiger partial charge in [-0.2, -0.15) is 0 Å². The van der Waals surface area contributed by atoms with E-state index in [2.05, 4.69) is 18.7 Å². The van der Waals surface area contributed by atoms with Gasteiger partial charge >= 0.3 is 5.97 Å². The maximum atomic E-state index is 10.3. The van der Waals surface area contributed by atoms with Crippen LogP contribution in [0.2, 0.25) is 0 Å². The summed E-state index contributed by atoms with van der Waals surface area (Å²) in [6.45, 7) is 6.37. The molecule has 0 aliphatic carbocycles. The summed E-state index contributed by atoms with van der Waals surface area (Å²) >= 11 is 0. The summed E-state index contributed by atoms with van der Waals surface area (Å²) < 4.78 is 0. The van der Waals surface area contributed by atoms with E-state index in [-0.39, 0.29) is 0 Å². The van der Waals surface area contributed by atoms with Crippen LogP contribution in [0.15, 0.2) is 12.3 Å². The quantitative estimate of drug-likeness (QED) is 0.660. The summed E-state index contributed by atoms with van der Waals surface area (Å²) in [6, 6.07) is 0. The molecule has 0 aromatic heterocycles. The van der Waals surface area contributed by atoms with Crippen molar-refractivity contribution in [1.82, 2.24) is 4.90 Å². The number of carboxylic acid groups (broad SMARTS) is 1. The molecule has 0 saturated carbocycles. The molecule has 2 atom stereocenters. The Bertz CT molecular complexity index is 203. The third-order valence-electron chi connectivity index (χ3n) is 2.33. The van der Waals surface area contributed by atoms with Gasteiger partial charge in [0.25, 0.3) is 0 Å². The van der Waals surface area contributed by atoms with Crippen molar-refractivity contribution in [2.45, 2.75) is 20.3 Å². The number of rotatable bonds is 2. The monoisotopic (exact) mass is 183 g/mol. The Balaban J connectivity index is 2.46. The van der Waals surface area contributed by atoms with Gasteiger partial charge in [-0.3, -0.25) is 0 Å². The number of hydrogen-bond acceptors (Lipinski definition) is 2. The minimum Gasteiger partial charge on any atom is -0.478 e. The molecule has 0 bridgehead atoms. The molecule has 3 heteroatoms. The van der Waals surface area contributed by atoms with Crippen molar-refractivity contribution < 1.29 is 9.90 Å². The maximum Gasteiger partial charge on any atom is 0.329 e. The molecule has 1 fully saturated rings. The van der Waals surface area contributed by atoms with E-state index >= 15 is 0 Å². The molecule has 0 aromatic rings. The lowest BCUT2D eigenvalue weighted by molar-refractivity contribution is -0.131. The van der Waals surface area contributed by atoms with Crippen LogP contribution in [0.5, 0.6) is 0 Å². The highest BCUT2D eigenvalue weighted by atomic mass is 16.4. The fraction of sp³-hybridized carbons (Fsp3) is 0.700. The molecule has 1 rings (SSSR count). The lowest BCUT2D eigenvalue weighted by Crippen LogP contribution is -2.35. The number of carbonyl (C=O) groups is 1. The molecule has 13 heavy (non-hydrogen) atoms. The van der Waals surface area contributed by atoms with Gasteiger partial charge in [0.05, 0.1) is 0 Å². The van der Waals surface area contributed by atoms with E-state index in [4.69, 9.17) is 5.11 Å². The first kappa shape index (κ1) is 10.1. The van der Waals surface area contributed by atoms with Gasteiger partial charge in [-0.15, -0.1) is 0 Å². The number of nitrogens with zero attached hydrogens (tertiary/aromatic N) is 1. The summed E-state index contributed by atoms with van der Waals surface area (Å²) in [7, 11) is 0. The smallest absolute Gasteiger partial charge is 0.329 e. The topological polar surface area (TPSA) is 40.5 Å². The number of piperidine rings is 1. The van der Waals surface area contributed by atoms with Gasteiger partial charge in [0.1, 0.15) is 0 Å². The Labute approximate surface area is 79.0 Å². The molecule has 0 spiro atoms. The van der Waals surface area contributed by atoms with Gasteiger partial charge in [-0.1, -0.05) is 13.8 Å². The molecule has 1 saturated heterocycles. The highest BCUT2D eigenvalue weighted by Crippen LogP contribution is 2.20.